The van der Waals surface area contributed by atoms with Crippen molar-refractivity contribution in [2.45, 2.75) is 50.9 Å². The van der Waals surface area contributed by atoms with Crippen LogP contribution in [0.2, 0.25) is 0 Å². The van der Waals surface area contributed by atoms with Crippen LogP contribution in [0.1, 0.15) is 37.2 Å². The number of piperidine rings is 1. The maximum atomic E-state index is 12.1. The fourth-order valence-corrected chi connectivity index (χ4v) is 3.67. The predicted octanol–water partition coefficient (Wildman–Crippen LogP) is 1.86. The molecule has 134 valence electrons. The number of furan rings is 1. The summed E-state index contributed by atoms with van der Waals surface area (Å²) in [6.07, 6.45) is 3.45. The minimum atomic E-state index is -0.305. The van der Waals surface area contributed by atoms with Crippen molar-refractivity contribution in [3.8, 4) is 0 Å². The van der Waals surface area contributed by atoms with Gasteiger partial charge >= 0.3 is 0 Å². The van der Waals surface area contributed by atoms with Crippen molar-refractivity contribution >= 4 is 5.91 Å². The highest BCUT2D eigenvalue weighted by molar-refractivity contribution is 5.81. The maximum Gasteiger partial charge on any atom is 0.249 e. The second kappa shape index (κ2) is 7.68. The molecule has 1 amide bonds. The van der Waals surface area contributed by atoms with Crippen LogP contribution in [0.15, 0.2) is 16.5 Å². The standard InChI is InChI=1S/C18H28N2O4/c1-14-3-4-15(23-14)13-20-10-7-18(8-11-20)6-5-16(24-18)17(21)19-9-12-22-2/h3-4,16H,5-13H2,1-2H3,(H,19,21)/t16-/m0/s1. The van der Waals surface area contributed by atoms with Crippen molar-refractivity contribution in [2.24, 2.45) is 0 Å². The van der Waals surface area contributed by atoms with Gasteiger partial charge in [-0.3, -0.25) is 9.69 Å². The van der Waals surface area contributed by atoms with Gasteiger partial charge in [0.25, 0.3) is 0 Å². The van der Waals surface area contributed by atoms with Crippen molar-refractivity contribution in [1.82, 2.24) is 10.2 Å². The van der Waals surface area contributed by atoms with E-state index in [0.717, 1.165) is 56.8 Å². The highest BCUT2D eigenvalue weighted by Crippen LogP contribution is 2.39. The van der Waals surface area contributed by atoms with Crippen molar-refractivity contribution in [3.05, 3.63) is 23.7 Å². The molecular weight excluding hydrogens is 308 g/mol. The first-order valence-electron chi connectivity index (χ1n) is 8.82. The van der Waals surface area contributed by atoms with E-state index in [2.05, 4.69) is 10.2 Å². The summed E-state index contributed by atoms with van der Waals surface area (Å²) < 4.78 is 16.8. The molecule has 0 unspecified atom stereocenters. The predicted molar refractivity (Wildman–Crippen MR) is 89.7 cm³/mol. The van der Waals surface area contributed by atoms with Crippen LogP contribution in [0.4, 0.5) is 0 Å². The van der Waals surface area contributed by atoms with E-state index in [4.69, 9.17) is 13.9 Å². The van der Waals surface area contributed by atoms with Crippen LogP contribution in [0.3, 0.4) is 0 Å². The molecule has 0 aromatic carbocycles. The number of nitrogens with one attached hydrogen (secondary N) is 1. The second-order valence-corrected chi connectivity index (χ2v) is 6.90. The Balaban J connectivity index is 1.45. The molecule has 1 N–H and O–H groups in total. The van der Waals surface area contributed by atoms with Gasteiger partial charge in [0, 0.05) is 26.7 Å². The van der Waals surface area contributed by atoms with E-state index >= 15 is 0 Å². The number of likely N-dealkylation sites (tertiary alicyclic amines) is 1. The fraction of sp³-hybridized carbons (Fsp3) is 0.722. The number of rotatable bonds is 6. The molecule has 6 nitrogen and oxygen atoms in total. The Morgan fingerprint density at radius 3 is 2.83 bits per heavy atom. The zero-order valence-electron chi connectivity index (χ0n) is 14.7. The molecule has 2 fully saturated rings. The van der Waals surface area contributed by atoms with E-state index in [0.29, 0.717) is 13.2 Å². The number of hydrogen-bond acceptors (Lipinski definition) is 5. The molecule has 2 saturated heterocycles. The summed E-state index contributed by atoms with van der Waals surface area (Å²) >= 11 is 0. The van der Waals surface area contributed by atoms with Crippen LogP contribution >= 0.6 is 0 Å². The van der Waals surface area contributed by atoms with Gasteiger partial charge in [0.1, 0.15) is 17.6 Å². The molecule has 1 aromatic rings. The quantitative estimate of drug-likeness (QED) is 0.804. The minimum Gasteiger partial charge on any atom is -0.465 e. The first kappa shape index (κ1) is 17.5. The van der Waals surface area contributed by atoms with Gasteiger partial charge in [-0.05, 0) is 44.7 Å². The third-order valence-electron chi connectivity index (χ3n) is 5.10. The van der Waals surface area contributed by atoms with Crippen molar-refractivity contribution in [3.63, 3.8) is 0 Å². The molecule has 6 heteroatoms. The van der Waals surface area contributed by atoms with Crippen molar-refractivity contribution < 1.29 is 18.7 Å². The van der Waals surface area contributed by atoms with E-state index in [-0.39, 0.29) is 17.6 Å². The Kier molecular flexibility index (Phi) is 5.58. The van der Waals surface area contributed by atoms with Crippen LogP contribution in [0.25, 0.3) is 0 Å². The van der Waals surface area contributed by atoms with Crippen LogP contribution in [-0.4, -0.2) is 55.9 Å². The normalized spacial score (nSPS) is 23.7. The lowest BCUT2D eigenvalue weighted by Gasteiger charge is -2.38. The van der Waals surface area contributed by atoms with Crippen molar-refractivity contribution in [2.75, 3.05) is 33.4 Å². The summed E-state index contributed by atoms with van der Waals surface area (Å²) in [5.74, 6) is 1.98. The summed E-state index contributed by atoms with van der Waals surface area (Å²) in [5, 5.41) is 2.88. The topological polar surface area (TPSA) is 63.9 Å². The van der Waals surface area contributed by atoms with E-state index in [9.17, 15) is 4.79 Å². The van der Waals surface area contributed by atoms with Gasteiger partial charge in [0.2, 0.25) is 5.91 Å². The number of methoxy groups -OCH3 is 1. The lowest BCUT2D eigenvalue weighted by Crippen LogP contribution is -2.45. The van der Waals surface area contributed by atoms with Crippen molar-refractivity contribution in [1.29, 1.82) is 0 Å². The number of amides is 1. The molecule has 24 heavy (non-hydrogen) atoms. The molecule has 2 aliphatic rings. The molecule has 0 aliphatic carbocycles. The lowest BCUT2D eigenvalue weighted by molar-refractivity contribution is -0.141. The number of carbonyl (C=O) groups is 1. The summed E-state index contributed by atoms with van der Waals surface area (Å²) in [6, 6.07) is 4.06. The molecule has 0 radical (unpaired) electrons. The number of aryl methyl sites for hydroxylation is 1. The van der Waals surface area contributed by atoms with E-state index in [1.807, 2.05) is 19.1 Å². The number of hydrogen-bond donors (Lipinski definition) is 1. The molecule has 2 aliphatic heterocycles. The summed E-state index contributed by atoms with van der Waals surface area (Å²) in [5.41, 5.74) is -0.112. The first-order valence-corrected chi connectivity index (χ1v) is 8.82. The van der Waals surface area contributed by atoms with E-state index in [1.165, 1.54) is 0 Å². The number of ether oxygens (including phenoxy) is 2. The maximum absolute atomic E-state index is 12.1. The monoisotopic (exact) mass is 336 g/mol. The Hall–Kier alpha value is -1.37. The van der Waals surface area contributed by atoms with Crippen LogP contribution in [0, 0.1) is 6.92 Å². The number of nitrogens with zero attached hydrogens (tertiary/aromatic N) is 1. The minimum absolute atomic E-state index is 0.00239. The molecule has 0 saturated carbocycles. The van der Waals surface area contributed by atoms with E-state index < -0.39 is 0 Å². The Bertz CT molecular complexity index is 549. The molecular formula is C18H28N2O4. The van der Waals surface area contributed by atoms with Crippen LogP contribution in [-0.2, 0) is 20.8 Å². The van der Waals surface area contributed by atoms with Crippen LogP contribution < -0.4 is 5.32 Å². The molecule has 1 atom stereocenters. The first-order chi connectivity index (χ1) is 11.6. The average molecular weight is 336 g/mol. The second-order valence-electron chi connectivity index (χ2n) is 6.90. The van der Waals surface area contributed by atoms with Gasteiger partial charge in [0.15, 0.2) is 0 Å². The zero-order chi connectivity index (χ0) is 17.0. The third-order valence-corrected chi connectivity index (χ3v) is 5.10. The lowest BCUT2D eigenvalue weighted by atomic mass is 9.88. The summed E-state index contributed by atoms with van der Waals surface area (Å²) in [4.78, 5) is 14.5. The molecule has 1 aromatic heterocycles. The van der Waals surface area contributed by atoms with Gasteiger partial charge in [-0.15, -0.1) is 0 Å². The van der Waals surface area contributed by atoms with Gasteiger partial charge in [0.05, 0.1) is 18.8 Å². The summed E-state index contributed by atoms with van der Waals surface area (Å²) in [6.45, 7) is 5.86. The largest absolute Gasteiger partial charge is 0.465 e. The highest BCUT2D eigenvalue weighted by Gasteiger charge is 2.44. The molecule has 3 rings (SSSR count). The molecule has 3 heterocycles. The third kappa shape index (κ3) is 4.18. The summed E-state index contributed by atoms with van der Waals surface area (Å²) in [7, 11) is 1.63. The van der Waals surface area contributed by atoms with Gasteiger partial charge in [-0.1, -0.05) is 0 Å². The Morgan fingerprint density at radius 1 is 1.38 bits per heavy atom. The average Bonchev–Trinajstić information content (AvgIpc) is 3.17. The molecule has 0 bridgehead atoms. The van der Waals surface area contributed by atoms with Gasteiger partial charge in [-0.25, -0.2) is 0 Å². The fourth-order valence-electron chi connectivity index (χ4n) is 3.67. The van der Waals surface area contributed by atoms with Crippen LogP contribution in [0.5, 0.6) is 0 Å². The van der Waals surface area contributed by atoms with Gasteiger partial charge < -0.3 is 19.2 Å². The number of carbonyl (C=O) groups excluding carboxylic acids is 1. The van der Waals surface area contributed by atoms with Gasteiger partial charge in [-0.2, -0.15) is 0 Å². The zero-order valence-corrected chi connectivity index (χ0v) is 14.7. The van der Waals surface area contributed by atoms with E-state index in [1.54, 1.807) is 7.11 Å². The highest BCUT2D eigenvalue weighted by atomic mass is 16.5. The Labute approximate surface area is 143 Å². The Morgan fingerprint density at radius 2 is 2.17 bits per heavy atom. The smallest absolute Gasteiger partial charge is 0.249 e. The SMILES string of the molecule is COCCNC(=O)[C@@H]1CCC2(CCN(Cc3ccc(C)o3)CC2)O1. The molecule has 1 spiro atoms.